The van der Waals surface area contributed by atoms with Gasteiger partial charge in [-0.25, -0.2) is 0 Å². The van der Waals surface area contributed by atoms with E-state index >= 15 is 0 Å². The molecule has 4 nitrogen and oxygen atoms in total. The highest BCUT2D eigenvalue weighted by molar-refractivity contribution is 5.22. The van der Waals surface area contributed by atoms with Gasteiger partial charge in [0, 0.05) is 18.1 Å². The Morgan fingerprint density at radius 1 is 0.794 bits per heavy atom. The largest absolute Gasteiger partial charge is 0.396 e. The Bertz CT molecular complexity index is 830. The number of hydrogen-bond acceptors (Lipinski definition) is 4. The molecule has 4 heteroatoms. The molecule has 11 atom stereocenters. The van der Waals surface area contributed by atoms with Gasteiger partial charge in [0.2, 0.25) is 0 Å². The third-order valence-electron chi connectivity index (χ3n) is 13.9. The Hall–Kier alpha value is -0.420. The van der Waals surface area contributed by atoms with Crippen LogP contribution in [0.4, 0.5) is 0 Å². The maximum absolute atomic E-state index is 10.7. The summed E-state index contributed by atoms with van der Waals surface area (Å²) in [6, 6.07) is 0.0930. The SMILES string of the molecule is C=C(CO)[C@@H]1CC[C@]2(CO)CC[C@]3(C)[C@H](CC[C@@H]4[C@@]5(C)CCC(N)C(C)(CO)[C@@H]5CC[C@]43C)[C@@H]12. The van der Waals surface area contributed by atoms with Crippen molar-refractivity contribution >= 4 is 0 Å². The topological polar surface area (TPSA) is 86.7 Å². The summed E-state index contributed by atoms with van der Waals surface area (Å²) in [5, 5.41) is 31.2. The first-order valence-electron chi connectivity index (χ1n) is 14.2. The monoisotopic (exact) mass is 473 g/mol. The van der Waals surface area contributed by atoms with Crippen molar-refractivity contribution < 1.29 is 15.3 Å². The van der Waals surface area contributed by atoms with Crippen LogP contribution in [0.3, 0.4) is 0 Å². The number of nitrogens with two attached hydrogens (primary N) is 1. The number of hydrogen-bond donors (Lipinski definition) is 4. The summed E-state index contributed by atoms with van der Waals surface area (Å²) in [5.74, 6) is 2.52. The van der Waals surface area contributed by atoms with Gasteiger partial charge in [-0.2, -0.15) is 0 Å². The fourth-order valence-electron chi connectivity index (χ4n) is 11.7. The van der Waals surface area contributed by atoms with Crippen LogP contribution in [0.15, 0.2) is 12.2 Å². The summed E-state index contributed by atoms with van der Waals surface area (Å²) in [6.45, 7) is 14.9. The van der Waals surface area contributed by atoms with Gasteiger partial charge in [0.1, 0.15) is 0 Å². The molecule has 0 bridgehead atoms. The molecule has 5 aliphatic carbocycles. The second kappa shape index (κ2) is 8.04. The van der Waals surface area contributed by atoms with Gasteiger partial charge >= 0.3 is 0 Å². The molecule has 0 aromatic carbocycles. The fourth-order valence-corrected chi connectivity index (χ4v) is 11.7. The van der Waals surface area contributed by atoms with E-state index in [1.807, 2.05) is 0 Å². The lowest BCUT2D eigenvalue weighted by Crippen LogP contribution is -2.68. The lowest BCUT2D eigenvalue weighted by atomic mass is 9.32. The van der Waals surface area contributed by atoms with E-state index in [1.54, 1.807) is 0 Å². The average molecular weight is 474 g/mol. The number of aliphatic hydroxyl groups excluding tert-OH is 3. The Balaban J connectivity index is 1.54. The fraction of sp³-hybridized carbons (Fsp3) is 0.933. The molecule has 5 saturated carbocycles. The van der Waals surface area contributed by atoms with E-state index in [0.29, 0.717) is 29.6 Å². The van der Waals surface area contributed by atoms with Crippen molar-refractivity contribution in [1.29, 1.82) is 0 Å². The van der Waals surface area contributed by atoms with Crippen LogP contribution in [0, 0.1) is 56.7 Å². The molecule has 0 aliphatic heterocycles. The lowest BCUT2D eigenvalue weighted by Gasteiger charge is -2.73. The summed E-state index contributed by atoms with van der Waals surface area (Å²) in [4.78, 5) is 0. The summed E-state index contributed by atoms with van der Waals surface area (Å²) >= 11 is 0. The Morgan fingerprint density at radius 2 is 1.53 bits per heavy atom. The molecule has 0 spiro atoms. The molecule has 0 saturated heterocycles. The van der Waals surface area contributed by atoms with Crippen LogP contribution in [0.2, 0.25) is 0 Å². The van der Waals surface area contributed by atoms with E-state index in [2.05, 4.69) is 34.3 Å². The van der Waals surface area contributed by atoms with Gasteiger partial charge in [-0.15, -0.1) is 0 Å². The summed E-state index contributed by atoms with van der Waals surface area (Å²) < 4.78 is 0. The Labute approximate surface area is 207 Å². The van der Waals surface area contributed by atoms with E-state index in [4.69, 9.17) is 5.73 Å². The molecule has 0 radical (unpaired) electrons. The quantitative estimate of drug-likeness (QED) is 0.437. The number of fused-ring (bicyclic) bond motifs is 7. The zero-order chi connectivity index (χ0) is 24.7. The standard InChI is InChI=1S/C30H51NO3/c1-19(16-32)20-8-13-30(18-34)15-14-28(4)21(25(20)30)6-7-23-26(2)11-10-24(31)27(3,17-33)22(26)9-12-29(23,28)5/h20-25,32-34H,1,6-18,31H2,2-5H3/t20-,21+,22+,23+,24?,25+,26-,27?,28+,29+,30+/m0/s1. The molecule has 5 fully saturated rings. The van der Waals surface area contributed by atoms with Crippen LogP contribution < -0.4 is 5.73 Å². The molecule has 0 amide bonds. The molecule has 0 heterocycles. The minimum absolute atomic E-state index is 0.0182. The van der Waals surface area contributed by atoms with Gasteiger partial charge in [0.25, 0.3) is 0 Å². The van der Waals surface area contributed by atoms with Crippen molar-refractivity contribution in [3.8, 4) is 0 Å². The summed E-state index contributed by atoms with van der Waals surface area (Å²) in [6.07, 6.45) is 11.5. The molecule has 0 aromatic rings. The van der Waals surface area contributed by atoms with Gasteiger partial charge in [0.15, 0.2) is 0 Å². The van der Waals surface area contributed by atoms with E-state index in [1.165, 1.54) is 38.5 Å². The van der Waals surface area contributed by atoms with Crippen molar-refractivity contribution in [3.05, 3.63) is 12.2 Å². The smallest absolute Gasteiger partial charge is 0.0641 e. The Kier molecular flexibility index (Phi) is 5.97. The van der Waals surface area contributed by atoms with Crippen molar-refractivity contribution in [2.75, 3.05) is 19.8 Å². The molecule has 34 heavy (non-hydrogen) atoms. The van der Waals surface area contributed by atoms with Crippen LogP contribution in [0.25, 0.3) is 0 Å². The molecular weight excluding hydrogens is 422 g/mol. The summed E-state index contributed by atoms with van der Waals surface area (Å²) in [7, 11) is 0. The lowest BCUT2D eigenvalue weighted by molar-refractivity contribution is -0.244. The first-order chi connectivity index (χ1) is 16.0. The molecule has 5 aliphatic rings. The normalized spacial score (nSPS) is 56.7. The zero-order valence-corrected chi connectivity index (χ0v) is 22.3. The maximum Gasteiger partial charge on any atom is 0.0641 e. The van der Waals surface area contributed by atoms with Gasteiger partial charge in [-0.05, 0) is 121 Å². The molecule has 194 valence electrons. The minimum Gasteiger partial charge on any atom is -0.396 e. The highest BCUT2D eigenvalue weighted by Crippen LogP contribution is 2.77. The molecule has 2 unspecified atom stereocenters. The van der Waals surface area contributed by atoms with E-state index in [0.717, 1.165) is 31.3 Å². The van der Waals surface area contributed by atoms with Crippen LogP contribution in [-0.2, 0) is 0 Å². The van der Waals surface area contributed by atoms with E-state index in [9.17, 15) is 15.3 Å². The third-order valence-corrected chi connectivity index (χ3v) is 13.9. The van der Waals surface area contributed by atoms with Crippen LogP contribution in [-0.4, -0.2) is 41.2 Å². The predicted octanol–water partition coefficient (Wildman–Crippen LogP) is 4.91. The van der Waals surface area contributed by atoms with Crippen molar-refractivity contribution in [2.24, 2.45) is 62.4 Å². The number of rotatable bonds is 4. The van der Waals surface area contributed by atoms with Gasteiger partial charge in [-0.3, -0.25) is 0 Å². The van der Waals surface area contributed by atoms with E-state index in [-0.39, 0.29) is 52.9 Å². The zero-order valence-electron chi connectivity index (χ0n) is 22.3. The predicted molar refractivity (Wildman–Crippen MR) is 137 cm³/mol. The molecule has 5 N–H and O–H groups in total. The van der Waals surface area contributed by atoms with Crippen molar-refractivity contribution in [3.63, 3.8) is 0 Å². The number of aliphatic hydroxyl groups is 3. The molecule has 5 rings (SSSR count). The van der Waals surface area contributed by atoms with Gasteiger partial charge in [0.05, 0.1) is 13.2 Å². The second-order valence-electron chi connectivity index (χ2n) is 14.5. The van der Waals surface area contributed by atoms with Gasteiger partial charge in [-0.1, -0.05) is 34.3 Å². The van der Waals surface area contributed by atoms with Crippen molar-refractivity contribution in [2.45, 2.75) is 97.9 Å². The van der Waals surface area contributed by atoms with Crippen LogP contribution in [0.5, 0.6) is 0 Å². The van der Waals surface area contributed by atoms with Crippen molar-refractivity contribution in [1.82, 2.24) is 0 Å². The van der Waals surface area contributed by atoms with E-state index < -0.39 is 0 Å². The molecule has 0 aromatic heterocycles. The first-order valence-corrected chi connectivity index (χ1v) is 14.2. The van der Waals surface area contributed by atoms with Gasteiger partial charge < -0.3 is 21.1 Å². The highest BCUT2D eigenvalue weighted by Gasteiger charge is 2.71. The van der Waals surface area contributed by atoms with Crippen LogP contribution in [0.1, 0.15) is 91.9 Å². The summed E-state index contributed by atoms with van der Waals surface area (Å²) in [5.41, 5.74) is 8.21. The minimum atomic E-state index is -0.180. The maximum atomic E-state index is 10.7. The highest BCUT2D eigenvalue weighted by atomic mass is 16.3. The first kappa shape index (κ1) is 25.2. The second-order valence-corrected chi connectivity index (χ2v) is 14.5. The molecular formula is C30H51NO3. The van der Waals surface area contributed by atoms with Crippen LogP contribution >= 0.6 is 0 Å². The third kappa shape index (κ3) is 2.92. The Morgan fingerprint density at radius 3 is 2.18 bits per heavy atom. The average Bonchev–Trinajstić information content (AvgIpc) is 3.22.